The molecule has 1 aromatic heterocycles. The van der Waals surface area contributed by atoms with Crippen LogP contribution in [0.1, 0.15) is 0 Å². The first-order valence-corrected chi connectivity index (χ1v) is 4.45. The molecule has 1 aromatic rings. The predicted octanol–water partition coefficient (Wildman–Crippen LogP) is 3.24. The topological polar surface area (TPSA) is 0 Å². The lowest BCUT2D eigenvalue weighted by Crippen LogP contribution is -1.43. The molecule has 0 fully saturated rings. The van der Waals surface area contributed by atoms with Crippen LogP contribution in [-0.4, -0.2) is 0 Å². The maximum Gasteiger partial charge on any atom is 0.0479 e. The van der Waals surface area contributed by atoms with Crippen molar-refractivity contribution >= 4 is 40.1 Å². The molecule has 0 aliphatic heterocycles. The van der Waals surface area contributed by atoms with E-state index in [4.69, 9.17) is 0 Å². The summed E-state index contributed by atoms with van der Waals surface area (Å²) in [6, 6.07) is 2.06. The largest absolute Gasteiger partial charge is 0.124 e. The summed E-state index contributed by atoms with van der Waals surface area (Å²) in [7, 11) is 0.832. The van der Waals surface area contributed by atoms with Gasteiger partial charge >= 0.3 is 0 Å². The Morgan fingerprint density at radius 3 is 2.29 bits per heavy atom. The second kappa shape index (κ2) is 2.34. The molecule has 0 bridgehead atoms. The van der Waals surface area contributed by atoms with Gasteiger partial charge < -0.3 is 0 Å². The molecule has 0 aliphatic carbocycles. The van der Waals surface area contributed by atoms with Gasteiger partial charge in [-0.05, 0) is 43.7 Å². The summed E-state index contributed by atoms with van der Waals surface area (Å²) in [5.74, 6) is 2.13. The Hall–Kier alpha value is 0.740. The van der Waals surface area contributed by atoms with Crippen LogP contribution in [0.2, 0.25) is 0 Å². The van der Waals surface area contributed by atoms with Gasteiger partial charge in [-0.3, -0.25) is 0 Å². The number of hydrogen-bond acceptors (Lipinski definition) is 0. The van der Waals surface area contributed by atoms with Crippen LogP contribution in [0.4, 0.5) is 0 Å². The fourth-order valence-electron chi connectivity index (χ4n) is 0.330. The molecular formula is C4H3Br2P. The summed E-state index contributed by atoms with van der Waals surface area (Å²) in [5.41, 5.74) is 0. The predicted molar refractivity (Wildman–Crippen MR) is 41.3 cm³/mol. The summed E-state index contributed by atoms with van der Waals surface area (Å²) < 4.78 is 2.46. The van der Waals surface area contributed by atoms with E-state index in [0.29, 0.717) is 0 Å². The Labute approximate surface area is 60.7 Å². The summed E-state index contributed by atoms with van der Waals surface area (Å²) in [6.07, 6.45) is 0. The molecule has 0 N–H and O–H groups in total. The van der Waals surface area contributed by atoms with Gasteiger partial charge in [0.1, 0.15) is 0 Å². The van der Waals surface area contributed by atoms with E-state index in [-0.39, 0.29) is 0 Å². The molecule has 0 saturated carbocycles. The van der Waals surface area contributed by atoms with Gasteiger partial charge in [0, 0.05) is 8.68 Å². The SMILES string of the molecule is Brc1cc[pH]c1Br. The molecule has 3 heteroatoms. The number of hydrogen-bond donors (Lipinski definition) is 0. The molecule has 1 rings (SSSR count). The second-order valence-electron chi connectivity index (χ2n) is 1.14. The van der Waals surface area contributed by atoms with Gasteiger partial charge in [0.15, 0.2) is 0 Å². The van der Waals surface area contributed by atoms with Crippen LogP contribution in [-0.2, 0) is 0 Å². The van der Waals surface area contributed by atoms with E-state index < -0.39 is 0 Å². The van der Waals surface area contributed by atoms with E-state index in [9.17, 15) is 0 Å². The van der Waals surface area contributed by atoms with Crippen molar-refractivity contribution in [3.63, 3.8) is 0 Å². The zero-order valence-corrected chi connectivity index (χ0v) is 7.58. The van der Waals surface area contributed by atoms with Crippen LogP contribution in [0.3, 0.4) is 0 Å². The summed E-state index contributed by atoms with van der Waals surface area (Å²) in [4.78, 5) is 0. The third-order valence-corrected chi connectivity index (χ3v) is 4.18. The van der Waals surface area contributed by atoms with Gasteiger partial charge in [-0.2, -0.15) is 0 Å². The smallest absolute Gasteiger partial charge is 0.0479 e. The molecule has 0 aromatic carbocycles. The molecule has 0 amide bonds. The van der Waals surface area contributed by atoms with Crippen molar-refractivity contribution in [2.45, 2.75) is 0 Å². The highest BCUT2D eigenvalue weighted by Crippen LogP contribution is 2.31. The van der Waals surface area contributed by atoms with Gasteiger partial charge in [-0.25, -0.2) is 0 Å². The average molecular weight is 242 g/mol. The van der Waals surface area contributed by atoms with Crippen molar-refractivity contribution in [2.24, 2.45) is 0 Å². The first-order valence-electron chi connectivity index (χ1n) is 1.79. The van der Waals surface area contributed by atoms with Crippen LogP contribution >= 0.6 is 40.1 Å². The van der Waals surface area contributed by atoms with E-state index in [2.05, 4.69) is 43.7 Å². The zero-order valence-electron chi connectivity index (χ0n) is 3.41. The number of halogens is 2. The van der Waals surface area contributed by atoms with Gasteiger partial charge in [-0.1, -0.05) is 0 Å². The summed E-state index contributed by atoms with van der Waals surface area (Å²) in [6.45, 7) is 0. The van der Waals surface area contributed by atoms with E-state index in [0.717, 1.165) is 8.19 Å². The Bertz CT molecular complexity index is 142. The Morgan fingerprint density at radius 1 is 1.43 bits per heavy atom. The third kappa shape index (κ3) is 1.31. The zero-order chi connectivity index (χ0) is 5.28. The lowest BCUT2D eigenvalue weighted by atomic mass is 10.7. The molecule has 0 saturated heterocycles. The monoisotopic (exact) mass is 240 g/mol. The minimum absolute atomic E-state index is 0.832. The molecular weight excluding hydrogens is 239 g/mol. The summed E-state index contributed by atoms with van der Waals surface area (Å²) >= 11 is 6.74. The van der Waals surface area contributed by atoms with E-state index in [1.807, 2.05) is 0 Å². The molecule has 0 aliphatic rings. The maximum atomic E-state index is 3.39. The highest BCUT2D eigenvalue weighted by molar-refractivity contribution is 9.13. The van der Waals surface area contributed by atoms with Crippen LogP contribution in [0, 0.1) is 0 Å². The minimum atomic E-state index is 0.832. The molecule has 7 heavy (non-hydrogen) atoms. The van der Waals surface area contributed by atoms with E-state index in [1.165, 1.54) is 8.68 Å². The average Bonchev–Trinajstić information content (AvgIpc) is 1.91. The summed E-state index contributed by atoms with van der Waals surface area (Å²) in [5, 5.41) is 0. The van der Waals surface area contributed by atoms with Crippen molar-refractivity contribution in [1.82, 2.24) is 0 Å². The highest BCUT2D eigenvalue weighted by atomic mass is 79.9. The van der Waals surface area contributed by atoms with Gasteiger partial charge in [0.25, 0.3) is 0 Å². The van der Waals surface area contributed by atoms with Crippen molar-refractivity contribution in [2.75, 3.05) is 0 Å². The first-order chi connectivity index (χ1) is 3.30. The van der Waals surface area contributed by atoms with Gasteiger partial charge in [-0.15, -0.1) is 8.19 Å². The van der Waals surface area contributed by atoms with Crippen molar-refractivity contribution < 1.29 is 0 Å². The van der Waals surface area contributed by atoms with Crippen molar-refractivity contribution in [1.29, 1.82) is 0 Å². The quantitative estimate of drug-likeness (QED) is 0.654. The van der Waals surface area contributed by atoms with Crippen LogP contribution in [0.5, 0.6) is 0 Å². The lowest BCUT2D eigenvalue weighted by Gasteiger charge is -1.76. The Balaban J connectivity index is 3.12. The Kier molecular flexibility index (Phi) is 1.96. The molecule has 38 valence electrons. The molecule has 1 heterocycles. The molecule has 0 spiro atoms. The van der Waals surface area contributed by atoms with Gasteiger partial charge in [0.2, 0.25) is 0 Å². The molecule has 1 unspecified atom stereocenters. The highest BCUT2D eigenvalue weighted by Gasteiger charge is 1.90. The minimum Gasteiger partial charge on any atom is -0.124 e. The lowest BCUT2D eigenvalue weighted by molar-refractivity contribution is 1.84. The van der Waals surface area contributed by atoms with E-state index >= 15 is 0 Å². The first kappa shape index (κ1) is 5.87. The maximum absolute atomic E-state index is 3.39. The fraction of sp³-hybridized carbons (Fsp3) is 0. The fourth-order valence-corrected chi connectivity index (χ4v) is 2.20. The van der Waals surface area contributed by atoms with Crippen molar-refractivity contribution in [3.05, 3.63) is 20.5 Å². The van der Waals surface area contributed by atoms with E-state index in [1.54, 1.807) is 0 Å². The van der Waals surface area contributed by atoms with Crippen LogP contribution < -0.4 is 0 Å². The second-order valence-corrected chi connectivity index (χ2v) is 4.64. The van der Waals surface area contributed by atoms with Crippen LogP contribution in [0.15, 0.2) is 20.5 Å². The van der Waals surface area contributed by atoms with Crippen molar-refractivity contribution in [3.8, 4) is 0 Å². The third-order valence-electron chi connectivity index (χ3n) is 0.649. The Morgan fingerprint density at radius 2 is 2.14 bits per heavy atom. The molecule has 0 nitrogen and oxygen atoms in total. The normalized spacial score (nSPS) is 10.6. The van der Waals surface area contributed by atoms with Gasteiger partial charge in [0.05, 0.1) is 0 Å². The standard InChI is InChI=1S/C4H3Br2P/c5-3-1-2-7-4(3)6/h1-2,7H. The molecule has 0 radical (unpaired) electrons. The van der Waals surface area contributed by atoms with Crippen LogP contribution in [0.25, 0.3) is 0 Å². The number of rotatable bonds is 0. The molecule has 1 atom stereocenters.